The van der Waals surface area contributed by atoms with Crippen molar-refractivity contribution in [2.45, 2.75) is 12.2 Å². The van der Waals surface area contributed by atoms with Crippen molar-refractivity contribution in [2.75, 3.05) is 0 Å². The molecule has 0 spiro atoms. The van der Waals surface area contributed by atoms with Crippen LogP contribution in [0.2, 0.25) is 10.0 Å². The van der Waals surface area contributed by atoms with E-state index in [-0.39, 0.29) is 0 Å². The van der Waals surface area contributed by atoms with Crippen molar-refractivity contribution in [3.05, 3.63) is 69.7 Å². The molecular formula is C14H12Cl2O2. The highest BCUT2D eigenvalue weighted by Gasteiger charge is 2.22. The van der Waals surface area contributed by atoms with Gasteiger partial charge < -0.3 is 10.2 Å². The molecule has 0 aliphatic rings. The van der Waals surface area contributed by atoms with E-state index in [0.29, 0.717) is 21.2 Å². The van der Waals surface area contributed by atoms with Crippen LogP contribution in [0.4, 0.5) is 0 Å². The minimum Gasteiger partial charge on any atom is -0.385 e. The Balaban J connectivity index is 2.28. The minimum atomic E-state index is -1.09. The normalized spacial score (nSPS) is 14.2. The predicted molar refractivity (Wildman–Crippen MR) is 72.8 cm³/mol. The molecule has 0 aromatic heterocycles. The fraction of sp³-hybridized carbons (Fsp3) is 0.143. The highest BCUT2D eigenvalue weighted by molar-refractivity contribution is 6.35. The third kappa shape index (κ3) is 2.85. The van der Waals surface area contributed by atoms with Crippen LogP contribution in [-0.2, 0) is 0 Å². The van der Waals surface area contributed by atoms with Crippen LogP contribution in [-0.4, -0.2) is 10.2 Å². The lowest BCUT2D eigenvalue weighted by atomic mass is 9.98. The van der Waals surface area contributed by atoms with Gasteiger partial charge in [0.1, 0.15) is 12.2 Å². The number of halogens is 2. The average molecular weight is 283 g/mol. The quantitative estimate of drug-likeness (QED) is 0.900. The van der Waals surface area contributed by atoms with Crippen molar-refractivity contribution >= 4 is 23.2 Å². The molecule has 94 valence electrons. The summed E-state index contributed by atoms with van der Waals surface area (Å²) in [5.74, 6) is 0. The summed E-state index contributed by atoms with van der Waals surface area (Å²) in [5, 5.41) is 21.1. The molecule has 0 aliphatic heterocycles. The van der Waals surface area contributed by atoms with Gasteiger partial charge in [-0.1, -0.05) is 59.6 Å². The molecule has 0 aliphatic carbocycles. The van der Waals surface area contributed by atoms with E-state index in [9.17, 15) is 10.2 Å². The molecular weight excluding hydrogens is 271 g/mol. The lowest BCUT2D eigenvalue weighted by molar-refractivity contribution is 0.0173. The third-order valence-corrected chi connectivity index (χ3v) is 3.28. The fourth-order valence-corrected chi connectivity index (χ4v) is 2.26. The van der Waals surface area contributed by atoms with E-state index < -0.39 is 12.2 Å². The summed E-state index contributed by atoms with van der Waals surface area (Å²) in [6.45, 7) is 0. The smallest absolute Gasteiger partial charge is 0.110 e. The molecule has 18 heavy (non-hydrogen) atoms. The molecule has 2 rings (SSSR count). The predicted octanol–water partition coefficient (Wildman–Crippen LogP) is 3.76. The van der Waals surface area contributed by atoms with Crippen LogP contribution in [0, 0.1) is 0 Å². The molecule has 2 aromatic rings. The second-order valence-electron chi connectivity index (χ2n) is 3.97. The molecule has 0 radical (unpaired) electrons. The van der Waals surface area contributed by atoms with Crippen molar-refractivity contribution < 1.29 is 10.2 Å². The van der Waals surface area contributed by atoms with E-state index in [2.05, 4.69) is 0 Å². The lowest BCUT2D eigenvalue weighted by Gasteiger charge is -2.19. The summed E-state index contributed by atoms with van der Waals surface area (Å²) >= 11 is 11.8. The molecule has 2 unspecified atom stereocenters. The Morgan fingerprint density at radius 1 is 0.833 bits per heavy atom. The molecule has 4 heteroatoms. The van der Waals surface area contributed by atoms with Crippen LogP contribution in [0.25, 0.3) is 0 Å². The molecule has 0 saturated heterocycles. The van der Waals surface area contributed by atoms with Gasteiger partial charge in [-0.3, -0.25) is 0 Å². The Morgan fingerprint density at radius 2 is 1.50 bits per heavy atom. The molecule has 2 nitrogen and oxygen atoms in total. The molecule has 0 heterocycles. The summed E-state index contributed by atoms with van der Waals surface area (Å²) in [5.41, 5.74) is 1.09. The highest BCUT2D eigenvalue weighted by atomic mass is 35.5. The number of hydrogen-bond donors (Lipinski definition) is 2. The maximum Gasteiger partial charge on any atom is 0.110 e. The van der Waals surface area contributed by atoms with Gasteiger partial charge in [-0.2, -0.15) is 0 Å². The molecule has 2 N–H and O–H groups in total. The van der Waals surface area contributed by atoms with E-state index in [1.165, 1.54) is 0 Å². The van der Waals surface area contributed by atoms with Crippen molar-refractivity contribution in [1.29, 1.82) is 0 Å². The lowest BCUT2D eigenvalue weighted by Crippen LogP contribution is -2.10. The van der Waals surface area contributed by atoms with Gasteiger partial charge in [0.05, 0.1) is 0 Å². The Labute approximate surface area is 115 Å². The first kappa shape index (κ1) is 13.4. The SMILES string of the molecule is OC(c1ccccc1)C(O)c1ccc(Cl)cc1Cl. The van der Waals surface area contributed by atoms with Gasteiger partial charge in [-0.05, 0) is 17.7 Å². The number of aliphatic hydroxyl groups is 2. The number of hydrogen-bond acceptors (Lipinski definition) is 2. The van der Waals surface area contributed by atoms with Gasteiger partial charge >= 0.3 is 0 Å². The Morgan fingerprint density at radius 3 is 2.11 bits per heavy atom. The van der Waals surface area contributed by atoms with Crippen LogP contribution in [0.3, 0.4) is 0 Å². The maximum atomic E-state index is 10.1. The monoisotopic (exact) mass is 282 g/mol. The van der Waals surface area contributed by atoms with E-state index in [4.69, 9.17) is 23.2 Å². The zero-order valence-electron chi connectivity index (χ0n) is 9.42. The molecule has 0 fully saturated rings. The summed E-state index contributed by atoms with van der Waals surface area (Å²) in [7, 11) is 0. The van der Waals surface area contributed by atoms with Crippen molar-refractivity contribution in [1.82, 2.24) is 0 Å². The third-order valence-electron chi connectivity index (χ3n) is 2.72. The molecule has 2 atom stereocenters. The maximum absolute atomic E-state index is 10.1. The average Bonchev–Trinajstić information content (AvgIpc) is 2.38. The topological polar surface area (TPSA) is 40.5 Å². The standard InChI is InChI=1S/C14H12Cl2O2/c15-10-6-7-11(12(16)8-10)14(18)13(17)9-4-2-1-3-5-9/h1-8,13-14,17-18H. The van der Waals surface area contributed by atoms with Gasteiger partial charge in [-0.15, -0.1) is 0 Å². The minimum absolute atomic E-state index is 0.338. The van der Waals surface area contributed by atoms with Crippen LogP contribution in [0.1, 0.15) is 23.3 Å². The molecule has 0 bridgehead atoms. The zero-order valence-corrected chi connectivity index (χ0v) is 10.9. The second-order valence-corrected chi connectivity index (χ2v) is 4.81. The second kappa shape index (κ2) is 5.72. The zero-order chi connectivity index (χ0) is 13.1. The van der Waals surface area contributed by atoms with Gasteiger partial charge in [0, 0.05) is 15.6 Å². The molecule has 2 aromatic carbocycles. The van der Waals surface area contributed by atoms with E-state index in [1.54, 1.807) is 42.5 Å². The molecule has 0 saturated carbocycles. The molecule has 0 amide bonds. The van der Waals surface area contributed by atoms with Crippen LogP contribution < -0.4 is 0 Å². The fourth-order valence-electron chi connectivity index (χ4n) is 1.74. The van der Waals surface area contributed by atoms with E-state index in [1.807, 2.05) is 6.07 Å². The van der Waals surface area contributed by atoms with Crippen LogP contribution in [0.5, 0.6) is 0 Å². The van der Waals surface area contributed by atoms with Gasteiger partial charge in [0.25, 0.3) is 0 Å². The summed E-state index contributed by atoms with van der Waals surface area (Å²) in [4.78, 5) is 0. The highest BCUT2D eigenvalue weighted by Crippen LogP contribution is 2.33. The first-order valence-corrected chi connectivity index (χ1v) is 6.21. The van der Waals surface area contributed by atoms with Crippen LogP contribution in [0.15, 0.2) is 48.5 Å². The summed E-state index contributed by atoms with van der Waals surface area (Å²) in [6, 6.07) is 13.7. The number of rotatable bonds is 3. The van der Waals surface area contributed by atoms with E-state index >= 15 is 0 Å². The number of aliphatic hydroxyl groups excluding tert-OH is 2. The Hall–Kier alpha value is -1.06. The summed E-state index contributed by atoms with van der Waals surface area (Å²) < 4.78 is 0. The van der Waals surface area contributed by atoms with Crippen molar-refractivity contribution in [3.63, 3.8) is 0 Å². The largest absolute Gasteiger partial charge is 0.385 e. The van der Waals surface area contributed by atoms with Gasteiger partial charge in [0.15, 0.2) is 0 Å². The van der Waals surface area contributed by atoms with Gasteiger partial charge in [0.2, 0.25) is 0 Å². The van der Waals surface area contributed by atoms with Crippen molar-refractivity contribution in [3.8, 4) is 0 Å². The van der Waals surface area contributed by atoms with E-state index in [0.717, 1.165) is 0 Å². The number of benzene rings is 2. The van der Waals surface area contributed by atoms with Crippen LogP contribution >= 0.6 is 23.2 Å². The Bertz CT molecular complexity index is 529. The first-order chi connectivity index (χ1) is 8.59. The van der Waals surface area contributed by atoms with Gasteiger partial charge in [-0.25, -0.2) is 0 Å². The van der Waals surface area contributed by atoms with Crippen molar-refractivity contribution in [2.24, 2.45) is 0 Å². The Kier molecular flexibility index (Phi) is 4.25. The summed E-state index contributed by atoms with van der Waals surface area (Å²) in [6.07, 6.45) is -2.11. The first-order valence-electron chi connectivity index (χ1n) is 5.45.